The van der Waals surface area contributed by atoms with Gasteiger partial charge in [-0.25, -0.2) is 0 Å². The summed E-state index contributed by atoms with van der Waals surface area (Å²) in [4.78, 5) is 11.6. The molecule has 0 N–H and O–H groups in total. The second kappa shape index (κ2) is 7.50. The summed E-state index contributed by atoms with van der Waals surface area (Å²) < 4.78 is 0. The Morgan fingerprint density at radius 2 is 1.00 bits per heavy atom. The van der Waals surface area contributed by atoms with Crippen LogP contribution in [0, 0.1) is 0 Å². The van der Waals surface area contributed by atoms with Gasteiger partial charge >= 0.3 is 0 Å². The van der Waals surface area contributed by atoms with Gasteiger partial charge in [0.15, 0.2) is 5.12 Å². The Labute approximate surface area is 148 Å². The molecule has 0 aliphatic heterocycles. The molecule has 0 aliphatic rings. The Kier molecular flexibility index (Phi) is 5.17. The highest BCUT2D eigenvalue weighted by molar-refractivity contribution is 7.96. The molecule has 0 aliphatic carbocycles. The van der Waals surface area contributed by atoms with Crippen LogP contribution < -0.4 is 0 Å². The van der Waals surface area contributed by atoms with E-state index in [-0.39, 0.29) is 10.5 Å². The molecule has 0 unspecified atom stereocenters. The van der Waals surface area contributed by atoms with E-state index < -0.39 is 0 Å². The fourth-order valence-electron chi connectivity index (χ4n) is 3.40. The average Bonchev–Trinajstić information content (AvgIpc) is 2.65. The van der Waals surface area contributed by atoms with Crippen molar-refractivity contribution in [1.29, 1.82) is 0 Å². The van der Waals surface area contributed by atoms with E-state index in [0.717, 1.165) is 0 Å². The van der Waals surface area contributed by atoms with Gasteiger partial charge < -0.3 is 0 Å². The average molecular weight is 332 g/mol. The van der Waals surface area contributed by atoms with Crippen LogP contribution in [0.2, 0.25) is 0 Å². The Morgan fingerprint density at radius 3 is 1.29 bits per heavy atom. The summed E-state index contributed by atoms with van der Waals surface area (Å²) in [7, 11) is 0. The number of carbonyl (C=O) groups is 1. The van der Waals surface area contributed by atoms with E-state index in [1.54, 1.807) is 0 Å². The third-order valence-corrected chi connectivity index (χ3v) is 4.74. The Balaban J connectivity index is 2.26. The van der Waals surface area contributed by atoms with Crippen molar-refractivity contribution in [2.75, 3.05) is 0 Å². The number of carbonyl (C=O) groups excluding carboxylic acids is 1. The summed E-state index contributed by atoms with van der Waals surface area (Å²) in [5, 5.41) is -0.0813. The van der Waals surface area contributed by atoms with Crippen LogP contribution in [0.1, 0.15) is 29.5 Å². The number of thiol groups is 1. The molecule has 0 amide bonds. The SMILES string of the molecule is O=C(S)CCC(c1ccccc1)(c1ccccc1)c1ccccc1. The molecule has 120 valence electrons. The summed E-state index contributed by atoms with van der Waals surface area (Å²) in [6, 6.07) is 31.2. The predicted octanol–water partition coefficient (Wildman–Crippen LogP) is 5.26. The van der Waals surface area contributed by atoms with Gasteiger partial charge in [0.25, 0.3) is 0 Å². The molecular formula is C22H20OS. The molecule has 0 heterocycles. The van der Waals surface area contributed by atoms with Crippen molar-refractivity contribution in [3.8, 4) is 0 Å². The van der Waals surface area contributed by atoms with Crippen LogP contribution in [0.3, 0.4) is 0 Å². The lowest BCUT2D eigenvalue weighted by molar-refractivity contribution is -0.111. The summed E-state index contributed by atoms with van der Waals surface area (Å²) in [6.07, 6.45) is 1.11. The van der Waals surface area contributed by atoms with Crippen LogP contribution in [0.5, 0.6) is 0 Å². The molecule has 24 heavy (non-hydrogen) atoms. The van der Waals surface area contributed by atoms with Crippen molar-refractivity contribution in [3.63, 3.8) is 0 Å². The smallest absolute Gasteiger partial charge is 0.185 e. The maximum absolute atomic E-state index is 11.6. The molecule has 0 radical (unpaired) electrons. The van der Waals surface area contributed by atoms with Crippen molar-refractivity contribution in [2.24, 2.45) is 0 Å². The van der Waals surface area contributed by atoms with Crippen LogP contribution in [-0.2, 0) is 10.2 Å². The van der Waals surface area contributed by atoms with Crippen LogP contribution >= 0.6 is 12.6 Å². The van der Waals surface area contributed by atoms with Gasteiger partial charge in [-0.2, -0.15) is 0 Å². The molecule has 0 spiro atoms. The topological polar surface area (TPSA) is 17.1 Å². The van der Waals surface area contributed by atoms with Gasteiger partial charge in [0, 0.05) is 11.8 Å². The largest absolute Gasteiger partial charge is 0.288 e. The zero-order chi connectivity index (χ0) is 16.8. The second-order valence-electron chi connectivity index (χ2n) is 5.90. The predicted molar refractivity (Wildman–Crippen MR) is 102 cm³/mol. The molecule has 3 rings (SSSR count). The minimum Gasteiger partial charge on any atom is -0.288 e. The first-order valence-electron chi connectivity index (χ1n) is 8.12. The fraction of sp³-hybridized carbons (Fsp3) is 0.136. The first kappa shape index (κ1) is 16.5. The van der Waals surface area contributed by atoms with Crippen LogP contribution in [0.4, 0.5) is 0 Å². The van der Waals surface area contributed by atoms with Crippen molar-refractivity contribution in [2.45, 2.75) is 18.3 Å². The lowest BCUT2D eigenvalue weighted by Gasteiger charge is -2.36. The maximum atomic E-state index is 11.6. The number of hydrogen-bond acceptors (Lipinski definition) is 1. The van der Waals surface area contributed by atoms with E-state index in [1.165, 1.54) is 16.7 Å². The molecule has 0 atom stereocenters. The van der Waals surface area contributed by atoms with Crippen LogP contribution in [0.25, 0.3) is 0 Å². The lowest BCUT2D eigenvalue weighted by Crippen LogP contribution is -2.30. The van der Waals surface area contributed by atoms with E-state index in [9.17, 15) is 4.79 Å². The molecule has 1 nitrogen and oxygen atoms in total. The summed E-state index contributed by atoms with van der Waals surface area (Å²) in [5.41, 5.74) is 3.22. The molecule has 0 saturated carbocycles. The van der Waals surface area contributed by atoms with Crippen molar-refractivity contribution in [3.05, 3.63) is 108 Å². The van der Waals surface area contributed by atoms with Gasteiger partial charge in [-0.05, 0) is 23.1 Å². The second-order valence-corrected chi connectivity index (χ2v) is 6.40. The highest BCUT2D eigenvalue weighted by atomic mass is 32.1. The molecule has 0 aromatic heterocycles. The Hall–Kier alpha value is -2.32. The highest BCUT2D eigenvalue weighted by Gasteiger charge is 2.36. The van der Waals surface area contributed by atoms with E-state index in [2.05, 4.69) is 85.4 Å². The van der Waals surface area contributed by atoms with E-state index in [4.69, 9.17) is 0 Å². The van der Waals surface area contributed by atoms with Gasteiger partial charge in [-0.1, -0.05) is 91.0 Å². The molecule has 0 fully saturated rings. The van der Waals surface area contributed by atoms with Gasteiger partial charge in [-0.3, -0.25) is 4.79 Å². The van der Waals surface area contributed by atoms with Gasteiger partial charge in [0.2, 0.25) is 0 Å². The van der Waals surface area contributed by atoms with Gasteiger partial charge in [0.1, 0.15) is 0 Å². The molecule has 3 aromatic rings. The Morgan fingerprint density at radius 1 is 0.667 bits per heavy atom. The van der Waals surface area contributed by atoms with E-state index in [0.29, 0.717) is 12.8 Å². The van der Waals surface area contributed by atoms with Crippen LogP contribution in [0.15, 0.2) is 91.0 Å². The van der Waals surface area contributed by atoms with Crippen molar-refractivity contribution < 1.29 is 4.79 Å². The number of rotatable bonds is 6. The first-order chi connectivity index (χ1) is 11.7. The zero-order valence-electron chi connectivity index (χ0n) is 13.4. The summed E-state index contributed by atoms with van der Waals surface area (Å²) >= 11 is 4.01. The number of hydrogen-bond donors (Lipinski definition) is 1. The van der Waals surface area contributed by atoms with E-state index in [1.807, 2.05) is 18.2 Å². The quantitative estimate of drug-likeness (QED) is 0.481. The molecule has 3 aromatic carbocycles. The third kappa shape index (κ3) is 3.29. The standard InChI is InChI=1S/C22H20OS/c23-21(24)16-17-22(18-10-4-1-5-11-18,19-12-6-2-7-13-19)20-14-8-3-9-15-20/h1-15H,16-17H2,(H,23,24). The minimum atomic E-state index is -0.359. The monoisotopic (exact) mass is 332 g/mol. The van der Waals surface area contributed by atoms with Crippen molar-refractivity contribution in [1.82, 2.24) is 0 Å². The normalized spacial score (nSPS) is 11.2. The zero-order valence-corrected chi connectivity index (χ0v) is 14.3. The molecule has 2 heteroatoms. The Bertz CT molecular complexity index is 685. The van der Waals surface area contributed by atoms with Gasteiger partial charge in [0.05, 0.1) is 0 Å². The molecule has 0 bridgehead atoms. The minimum absolute atomic E-state index is 0.0813. The van der Waals surface area contributed by atoms with E-state index >= 15 is 0 Å². The van der Waals surface area contributed by atoms with Crippen LogP contribution in [-0.4, -0.2) is 5.12 Å². The third-order valence-electron chi connectivity index (χ3n) is 4.51. The van der Waals surface area contributed by atoms with Crippen molar-refractivity contribution >= 4 is 17.7 Å². The van der Waals surface area contributed by atoms with Gasteiger partial charge in [-0.15, -0.1) is 12.6 Å². The summed E-state index contributed by atoms with van der Waals surface area (Å²) in [6.45, 7) is 0. The highest BCUT2D eigenvalue weighted by Crippen LogP contribution is 2.43. The molecule has 0 saturated heterocycles. The fourth-order valence-corrected chi connectivity index (χ4v) is 3.51. The maximum Gasteiger partial charge on any atom is 0.185 e. The lowest BCUT2D eigenvalue weighted by atomic mass is 9.67. The number of benzene rings is 3. The molecular weight excluding hydrogens is 312 g/mol. The summed E-state index contributed by atoms with van der Waals surface area (Å²) in [5.74, 6) is 0. The first-order valence-corrected chi connectivity index (χ1v) is 8.56.